The fourth-order valence-electron chi connectivity index (χ4n) is 3.15. The summed E-state index contributed by atoms with van der Waals surface area (Å²) in [6.45, 7) is 1.77. The highest BCUT2D eigenvalue weighted by atomic mass is 35.5. The number of aromatic nitrogens is 2. The fourth-order valence-corrected chi connectivity index (χ4v) is 4.57. The number of aryl methyl sites for hydroxylation is 1. The van der Waals surface area contributed by atoms with Crippen molar-refractivity contribution in [3.05, 3.63) is 75.9 Å². The molecule has 2 aromatic carbocycles. The number of amides is 1. The summed E-state index contributed by atoms with van der Waals surface area (Å²) in [7, 11) is 0. The van der Waals surface area contributed by atoms with Crippen LogP contribution in [0.2, 0.25) is 5.02 Å². The summed E-state index contributed by atoms with van der Waals surface area (Å²) in [6, 6.07) is 11.2. The quantitative estimate of drug-likeness (QED) is 0.660. The van der Waals surface area contributed by atoms with Crippen LogP contribution in [0.25, 0.3) is 5.69 Å². The van der Waals surface area contributed by atoms with Crippen LogP contribution < -0.4 is 5.32 Å². The first kappa shape index (κ1) is 18.0. The first-order chi connectivity index (χ1) is 13.0. The minimum Gasteiger partial charge on any atom is -0.310 e. The summed E-state index contributed by atoms with van der Waals surface area (Å²) in [5, 5.41) is 7.24. The van der Waals surface area contributed by atoms with Crippen molar-refractivity contribution < 1.29 is 13.6 Å². The average Bonchev–Trinajstić information content (AvgIpc) is 2.84. The van der Waals surface area contributed by atoms with Crippen LogP contribution in [0, 0.1) is 18.6 Å². The summed E-state index contributed by atoms with van der Waals surface area (Å²) in [5.74, 6) is -1.55. The molecular formula is C19H14ClF2N3OS. The van der Waals surface area contributed by atoms with Gasteiger partial charge in [0.1, 0.15) is 5.82 Å². The van der Waals surface area contributed by atoms with Gasteiger partial charge in [0, 0.05) is 11.1 Å². The van der Waals surface area contributed by atoms with Crippen molar-refractivity contribution in [3.8, 4) is 5.69 Å². The zero-order valence-corrected chi connectivity index (χ0v) is 15.7. The molecule has 1 aliphatic rings. The van der Waals surface area contributed by atoms with E-state index in [0.717, 1.165) is 6.07 Å². The van der Waals surface area contributed by atoms with E-state index in [4.69, 9.17) is 11.6 Å². The van der Waals surface area contributed by atoms with Crippen LogP contribution >= 0.6 is 23.4 Å². The summed E-state index contributed by atoms with van der Waals surface area (Å²) >= 11 is 7.53. The van der Waals surface area contributed by atoms with Crippen molar-refractivity contribution in [2.45, 2.75) is 12.2 Å². The standard InChI is InChI=1S/C19H14ClF2N3OS/c1-10-16-18(11-5-4-7-13(21)17(11)22)27-9-15(26)23-19(16)25(24-10)14-8-3-2-6-12(14)20/h2-8,18H,9H2,1H3,(H,23,26)/t18-/m0/s1. The normalized spacial score (nSPS) is 16.6. The number of thioether (sulfide) groups is 1. The van der Waals surface area contributed by atoms with Crippen molar-refractivity contribution in [2.24, 2.45) is 0 Å². The number of hydrogen-bond donors (Lipinski definition) is 1. The molecule has 0 radical (unpaired) electrons. The van der Waals surface area contributed by atoms with Crippen molar-refractivity contribution in [2.75, 3.05) is 11.1 Å². The Morgan fingerprint density at radius 1 is 1.22 bits per heavy atom. The third-order valence-electron chi connectivity index (χ3n) is 4.35. The second kappa shape index (κ2) is 6.98. The largest absolute Gasteiger partial charge is 0.310 e. The lowest BCUT2D eigenvalue weighted by molar-refractivity contribution is -0.113. The lowest BCUT2D eigenvalue weighted by Crippen LogP contribution is -2.16. The van der Waals surface area contributed by atoms with E-state index in [1.807, 2.05) is 6.07 Å². The Balaban J connectivity index is 1.95. The van der Waals surface area contributed by atoms with Crippen LogP contribution in [0.3, 0.4) is 0 Å². The van der Waals surface area contributed by atoms with E-state index in [-0.39, 0.29) is 17.2 Å². The highest BCUT2D eigenvalue weighted by Gasteiger charge is 2.32. The Labute approximate surface area is 163 Å². The van der Waals surface area contributed by atoms with E-state index in [9.17, 15) is 13.6 Å². The highest BCUT2D eigenvalue weighted by molar-refractivity contribution is 8.00. The van der Waals surface area contributed by atoms with Gasteiger partial charge in [0.25, 0.3) is 0 Å². The molecule has 1 atom stereocenters. The van der Waals surface area contributed by atoms with E-state index in [0.29, 0.717) is 27.8 Å². The van der Waals surface area contributed by atoms with Gasteiger partial charge in [0.05, 0.1) is 27.4 Å². The van der Waals surface area contributed by atoms with Gasteiger partial charge in [0.15, 0.2) is 11.6 Å². The Morgan fingerprint density at radius 2 is 2.00 bits per heavy atom. The summed E-state index contributed by atoms with van der Waals surface area (Å²) in [4.78, 5) is 12.3. The molecule has 3 aromatic rings. The molecule has 138 valence electrons. The van der Waals surface area contributed by atoms with E-state index in [2.05, 4.69) is 10.4 Å². The second-order valence-corrected chi connectivity index (χ2v) is 7.59. The van der Waals surface area contributed by atoms with Gasteiger partial charge in [-0.3, -0.25) is 4.79 Å². The molecule has 27 heavy (non-hydrogen) atoms. The first-order valence-electron chi connectivity index (χ1n) is 8.17. The molecule has 0 spiro atoms. The number of para-hydroxylation sites is 1. The Kier molecular flexibility index (Phi) is 4.65. The van der Waals surface area contributed by atoms with Crippen LogP contribution in [-0.4, -0.2) is 21.4 Å². The molecule has 0 saturated carbocycles. The third kappa shape index (κ3) is 3.11. The molecule has 0 bridgehead atoms. The van der Waals surface area contributed by atoms with Crippen LogP contribution in [0.1, 0.15) is 22.1 Å². The first-order valence-corrected chi connectivity index (χ1v) is 9.60. The van der Waals surface area contributed by atoms with Crippen molar-refractivity contribution in [1.82, 2.24) is 9.78 Å². The Morgan fingerprint density at radius 3 is 2.78 bits per heavy atom. The molecule has 1 aromatic heterocycles. The number of fused-ring (bicyclic) bond motifs is 1. The number of benzene rings is 2. The summed E-state index contributed by atoms with van der Waals surface area (Å²) in [6.07, 6.45) is 0. The SMILES string of the molecule is Cc1nn(-c2ccccc2Cl)c2c1[C@H](c1cccc(F)c1F)SCC(=O)N2. The van der Waals surface area contributed by atoms with Crippen LogP contribution in [0.5, 0.6) is 0 Å². The topological polar surface area (TPSA) is 46.9 Å². The van der Waals surface area contributed by atoms with Gasteiger partial charge in [-0.05, 0) is 25.1 Å². The molecule has 4 nitrogen and oxygen atoms in total. The number of halogens is 3. The van der Waals surface area contributed by atoms with E-state index in [1.54, 1.807) is 29.8 Å². The van der Waals surface area contributed by atoms with Gasteiger partial charge < -0.3 is 5.32 Å². The van der Waals surface area contributed by atoms with Crippen molar-refractivity contribution in [1.29, 1.82) is 0 Å². The molecule has 1 aliphatic heterocycles. The van der Waals surface area contributed by atoms with Crippen LogP contribution in [0.4, 0.5) is 14.6 Å². The van der Waals surface area contributed by atoms with Crippen LogP contribution in [0.15, 0.2) is 42.5 Å². The van der Waals surface area contributed by atoms with Gasteiger partial charge in [-0.2, -0.15) is 5.10 Å². The molecule has 0 saturated heterocycles. The average molecular weight is 406 g/mol. The minimum atomic E-state index is -0.922. The lowest BCUT2D eigenvalue weighted by Gasteiger charge is -2.16. The molecule has 4 rings (SSSR count). The zero-order valence-electron chi connectivity index (χ0n) is 14.2. The number of nitrogens with one attached hydrogen (secondary N) is 1. The summed E-state index contributed by atoms with van der Waals surface area (Å²) < 4.78 is 29.8. The summed E-state index contributed by atoms with van der Waals surface area (Å²) in [5.41, 5.74) is 2.01. The minimum absolute atomic E-state index is 0.108. The second-order valence-electron chi connectivity index (χ2n) is 6.09. The molecule has 0 fully saturated rings. The number of carbonyl (C=O) groups excluding carboxylic acids is 1. The lowest BCUT2D eigenvalue weighted by atomic mass is 10.0. The maximum Gasteiger partial charge on any atom is 0.235 e. The fraction of sp³-hybridized carbons (Fsp3) is 0.158. The van der Waals surface area contributed by atoms with Gasteiger partial charge in [0.2, 0.25) is 5.91 Å². The van der Waals surface area contributed by atoms with Gasteiger partial charge >= 0.3 is 0 Å². The van der Waals surface area contributed by atoms with E-state index in [1.165, 1.54) is 23.9 Å². The third-order valence-corrected chi connectivity index (χ3v) is 5.92. The molecule has 1 amide bonds. The number of anilines is 1. The molecule has 1 N–H and O–H groups in total. The van der Waals surface area contributed by atoms with Crippen LogP contribution in [-0.2, 0) is 4.79 Å². The molecule has 2 heterocycles. The number of nitrogens with zero attached hydrogens (tertiary/aromatic N) is 2. The van der Waals surface area contributed by atoms with Crippen molar-refractivity contribution >= 4 is 35.1 Å². The molecule has 0 unspecified atom stereocenters. The monoisotopic (exact) mass is 405 g/mol. The smallest absolute Gasteiger partial charge is 0.235 e. The number of hydrogen-bond acceptors (Lipinski definition) is 3. The predicted octanol–water partition coefficient (Wildman–Crippen LogP) is 4.89. The predicted molar refractivity (Wildman–Crippen MR) is 103 cm³/mol. The Bertz CT molecular complexity index is 1050. The van der Waals surface area contributed by atoms with E-state index < -0.39 is 16.9 Å². The van der Waals surface area contributed by atoms with Gasteiger partial charge in [-0.15, -0.1) is 11.8 Å². The van der Waals surface area contributed by atoms with Crippen molar-refractivity contribution in [3.63, 3.8) is 0 Å². The number of rotatable bonds is 2. The molecule has 8 heteroatoms. The highest BCUT2D eigenvalue weighted by Crippen LogP contribution is 2.45. The Hall–Kier alpha value is -2.38. The zero-order chi connectivity index (χ0) is 19.1. The maximum atomic E-state index is 14.5. The maximum absolute atomic E-state index is 14.5. The van der Waals surface area contributed by atoms with E-state index >= 15 is 0 Å². The number of carbonyl (C=O) groups is 1. The van der Waals surface area contributed by atoms with Gasteiger partial charge in [-0.25, -0.2) is 13.5 Å². The van der Waals surface area contributed by atoms with Gasteiger partial charge in [-0.1, -0.05) is 35.9 Å². The molecule has 0 aliphatic carbocycles. The molecular weight excluding hydrogens is 392 g/mol.